The number of hydrogen-bond acceptors (Lipinski definition) is 4. The van der Waals surface area contributed by atoms with Gasteiger partial charge in [0.05, 0.1) is 19.8 Å². The highest BCUT2D eigenvalue weighted by atomic mass is 19.2. The zero-order valence-corrected chi connectivity index (χ0v) is 16.6. The molecular weight excluding hydrogens is 380 g/mol. The Morgan fingerprint density at radius 3 is 2.66 bits per heavy atom. The third-order valence-corrected chi connectivity index (χ3v) is 4.95. The zero-order chi connectivity index (χ0) is 21.2. The summed E-state index contributed by atoms with van der Waals surface area (Å²) in [6.45, 7) is 1.12. The summed E-state index contributed by atoms with van der Waals surface area (Å²) in [6.07, 6.45) is -0.388. The van der Waals surface area contributed by atoms with Crippen LogP contribution in [0.1, 0.15) is 22.4 Å². The molecule has 7 nitrogen and oxygen atoms in total. The Labute approximate surface area is 167 Å². The number of nitrogens with one attached hydrogen (secondary N) is 1. The van der Waals surface area contributed by atoms with Gasteiger partial charge >= 0.3 is 11.9 Å². The molecule has 1 amide bonds. The number of likely N-dealkylation sites (N-methyl/N-ethyl adjacent to an activating group) is 1. The maximum absolute atomic E-state index is 13.3. The number of alkyl halides is 2. The van der Waals surface area contributed by atoms with E-state index in [-0.39, 0.29) is 17.6 Å². The Morgan fingerprint density at radius 2 is 2.07 bits per heavy atom. The van der Waals surface area contributed by atoms with E-state index < -0.39 is 18.6 Å². The first kappa shape index (κ1) is 20.7. The lowest BCUT2D eigenvalue weighted by Gasteiger charge is -2.24. The molecule has 2 heterocycles. The molecule has 1 aliphatic rings. The number of aromatic nitrogens is 1. The van der Waals surface area contributed by atoms with Crippen molar-refractivity contribution in [2.75, 3.05) is 20.8 Å². The zero-order valence-electron chi connectivity index (χ0n) is 16.6. The van der Waals surface area contributed by atoms with Crippen LogP contribution in [0.25, 0.3) is 0 Å². The summed E-state index contributed by atoms with van der Waals surface area (Å²) in [7, 11) is 3.52. The van der Waals surface area contributed by atoms with Crippen LogP contribution < -0.4 is 20.8 Å². The third kappa shape index (κ3) is 3.65. The van der Waals surface area contributed by atoms with Crippen LogP contribution >= 0.6 is 0 Å². The Balaban J connectivity index is 2.15. The van der Waals surface area contributed by atoms with Crippen LogP contribution in [0.5, 0.6) is 5.75 Å². The number of rotatable bonds is 7. The molecule has 2 aromatic rings. The van der Waals surface area contributed by atoms with Gasteiger partial charge in [0, 0.05) is 17.3 Å². The van der Waals surface area contributed by atoms with Crippen molar-refractivity contribution in [1.82, 2.24) is 9.88 Å². The minimum atomic E-state index is -2.04. The molecule has 0 saturated heterocycles. The fourth-order valence-electron chi connectivity index (χ4n) is 3.46. The van der Waals surface area contributed by atoms with Gasteiger partial charge in [-0.2, -0.15) is 4.39 Å². The van der Waals surface area contributed by atoms with E-state index in [0.29, 0.717) is 23.2 Å². The number of benzene rings is 1. The third-order valence-electron chi connectivity index (χ3n) is 4.95. The summed E-state index contributed by atoms with van der Waals surface area (Å²) in [4.78, 5) is 22.1. The van der Waals surface area contributed by atoms with Crippen molar-refractivity contribution >= 4 is 11.9 Å². The Morgan fingerprint density at radius 1 is 1.34 bits per heavy atom. The average Bonchev–Trinajstić information content (AvgIpc) is 2.94. The van der Waals surface area contributed by atoms with Gasteiger partial charge in [0.1, 0.15) is 12.3 Å². The van der Waals surface area contributed by atoms with Crippen molar-refractivity contribution in [2.24, 2.45) is 5.73 Å². The highest BCUT2D eigenvalue weighted by Crippen LogP contribution is 2.32. The van der Waals surface area contributed by atoms with E-state index in [1.807, 2.05) is 18.4 Å². The number of quaternary nitrogens is 1. The lowest BCUT2D eigenvalue weighted by Crippen LogP contribution is -2.85. The summed E-state index contributed by atoms with van der Waals surface area (Å²) in [6, 6.07) is 8.51. The average molecular weight is 405 g/mol. The molecule has 0 aliphatic carbocycles. The number of amides is 1. The standard InChI is InChI=1S/C20H23F2N5O2/c1-12-8-13(4-5-16(12)29-17(22)10-21)20(18(28)27(3)19(23)26-20)14-6-7-25-15(9-14)11-24-2/h4-9,17,24H,10-11H2,1-3H3,(H2,23,26)/p+2. The Kier molecular flexibility index (Phi) is 5.78. The normalized spacial score (nSPS) is 20.0. The smallest absolute Gasteiger partial charge is 0.352 e. The fraction of sp³-hybridized carbons (Fsp3) is 0.350. The second-order valence-corrected chi connectivity index (χ2v) is 6.94. The topological polar surface area (TPSA) is 99.0 Å². The maximum Gasteiger partial charge on any atom is 0.352 e. The molecule has 29 heavy (non-hydrogen) atoms. The number of nitrogens with zero attached hydrogens (tertiary/aromatic N) is 2. The molecule has 0 spiro atoms. The number of hydrogen-bond donors (Lipinski definition) is 3. The monoisotopic (exact) mass is 405 g/mol. The van der Waals surface area contributed by atoms with Gasteiger partial charge in [-0.3, -0.25) is 20.5 Å². The van der Waals surface area contributed by atoms with E-state index in [9.17, 15) is 13.6 Å². The molecule has 1 aliphatic heterocycles. The first-order valence-corrected chi connectivity index (χ1v) is 9.23. The predicted octanol–water partition coefficient (Wildman–Crippen LogP) is -1.16. The highest BCUT2D eigenvalue weighted by Gasteiger charge is 2.54. The van der Waals surface area contributed by atoms with Gasteiger partial charge in [-0.1, -0.05) is 6.07 Å². The highest BCUT2D eigenvalue weighted by molar-refractivity contribution is 6.03. The first-order valence-electron chi connectivity index (χ1n) is 9.23. The van der Waals surface area contributed by atoms with Gasteiger partial charge in [-0.25, -0.2) is 9.29 Å². The van der Waals surface area contributed by atoms with Gasteiger partial charge in [0.2, 0.25) is 5.54 Å². The maximum atomic E-state index is 13.3. The molecule has 154 valence electrons. The Hall–Kier alpha value is -3.07. The molecule has 0 bridgehead atoms. The minimum absolute atomic E-state index is 0.209. The fourth-order valence-corrected chi connectivity index (χ4v) is 3.46. The van der Waals surface area contributed by atoms with Gasteiger partial charge in [0.25, 0.3) is 6.36 Å². The number of halogens is 2. The second-order valence-electron chi connectivity index (χ2n) is 6.94. The summed E-state index contributed by atoms with van der Waals surface area (Å²) >= 11 is 0. The van der Waals surface area contributed by atoms with Crippen LogP contribution in [0.15, 0.2) is 36.5 Å². The first-order chi connectivity index (χ1) is 13.8. The van der Waals surface area contributed by atoms with Crippen LogP contribution in [0.2, 0.25) is 0 Å². The number of pyridine rings is 1. The Bertz CT molecular complexity index is 952. The van der Waals surface area contributed by atoms with Gasteiger partial charge in [-0.05, 0) is 36.8 Å². The van der Waals surface area contributed by atoms with E-state index >= 15 is 0 Å². The number of guanidine groups is 1. The van der Waals surface area contributed by atoms with Crippen molar-refractivity contribution < 1.29 is 28.6 Å². The molecule has 0 saturated carbocycles. The molecule has 2 unspecified atom stereocenters. The molecule has 1 aromatic heterocycles. The van der Waals surface area contributed by atoms with Crippen LogP contribution in [0.4, 0.5) is 8.78 Å². The summed E-state index contributed by atoms with van der Waals surface area (Å²) in [5.74, 6) is 0.170. The van der Waals surface area contributed by atoms with E-state index in [1.165, 1.54) is 11.0 Å². The molecule has 0 fully saturated rings. The van der Waals surface area contributed by atoms with Crippen LogP contribution in [0.3, 0.4) is 0 Å². The summed E-state index contributed by atoms with van der Waals surface area (Å²) in [5.41, 5.74) is 7.44. The predicted molar refractivity (Wildman–Crippen MR) is 102 cm³/mol. The number of carbonyl (C=O) groups is 1. The molecule has 1 aromatic carbocycles. The SMILES string of the molecule is C[NH2+]Cc1cc(C2(c3ccc(OC(F)CF)c(C)c3)[NH+]=C(N)N(C)C2=O)ccn1. The number of nitrogens with two attached hydrogens (primary N) is 2. The molecule has 0 radical (unpaired) electrons. The second kappa shape index (κ2) is 8.12. The van der Waals surface area contributed by atoms with Crippen LogP contribution in [-0.4, -0.2) is 48.9 Å². The van der Waals surface area contributed by atoms with Gasteiger partial charge in [-0.15, -0.1) is 0 Å². The van der Waals surface area contributed by atoms with Crippen molar-refractivity contribution in [3.8, 4) is 5.75 Å². The molecule has 9 heteroatoms. The van der Waals surface area contributed by atoms with E-state index in [4.69, 9.17) is 10.5 Å². The van der Waals surface area contributed by atoms with Crippen molar-refractivity contribution in [1.29, 1.82) is 0 Å². The molecular formula is C20H25F2N5O2+2. The molecule has 2 atom stereocenters. The number of ether oxygens (including phenoxy) is 1. The largest absolute Gasteiger partial charge is 0.457 e. The lowest BCUT2D eigenvalue weighted by atomic mass is 9.82. The van der Waals surface area contributed by atoms with Crippen molar-refractivity contribution in [3.63, 3.8) is 0 Å². The summed E-state index contributed by atoms with van der Waals surface area (Å²) in [5, 5.41) is 1.98. The minimum Gasteiger partial charge on any atom is -0.457 e. The number of aryl methyl sites for hydroxylation is 1. The quantitative estimate of drug-likeness (QED) is 0.541. The van der Waals surface area contributed by atoms with E-state index in [2.05, 4.69) is 9.98 Å². The van der Waals surface area contributed by atoms with E-state index in [1.54, 1.807) is 38.4 Å². The van der Waals surface area contributed by atoms with Crippen molar-refractivity contribution in [2.45, 2.75) is 25.4 Å². The lowest BCUT2D eigenvalue weighted by molar-refractivity contribution is -0.643. The summed E-state index contributed by atoms with van der Waals surface area (Å²) < 4.78 is 30.8. The molecule has 3 rings (SSSR count). The van der Waals surface area contributed by atoms with Gasteiger partial charge < -0.3 is 10.1 Å². The van der Waals surface area contributed by atoms with E-state index in [0.717, 1.165) is 5.69 Å². The van der Waals surface area contributed by atoms with Crippen LogP contribution in [0, 0.1) is 6.92 Å². The number of carbonyl (C=O) groups excluding carboxylic acids is 1. The van der Waals surface area contributed by atoms with Crippen LogP contribution in [-0.2, 0) is 16.9 Å². The van der Waals surface area contributed by atoms with Crippen molar-refractivity contribution in [3.05, 3.63) is 58.9 Å². The molecule has 5 N–H and O–H groups in total. The van der Waals surface area contributed by atoms with Gasteiger partial charge in [0.15, 0.2) is 6.67 Å².